The fourth-order valence-corrected chi connectivity index (χ4v) is 2.33. The first-order valence-electron chi connectivity index (χ1n) is 6.46. The molecule has 1 heterocycles. The Balaban J connectivity index is 2.53. The Kier molecular flexibility index (Phi) is 3.52. The van der Waals surface area contributed by atoms with E-state index in [9.17, 15) is 4.79 Å². The number of hydrogen-bond acceptors (Lipinski definition) is 2. The lowest BCUT2D eigenvalue weighted by atomic mass is 9.94. The van der Waals surface area contributed by atoms with Crippen molar-refractivity contribution in [1.82, 2.24) is 4.98 Å². The fraction of sp³-hybridized carbons (Fsp3) is 0.294. The van der Waals surface area contributed by atoms with Crippen LogP contribution in [0.2, 0.25) is 0 Å². The number of carbonyl (C=O) groups is 1. The van der Waals surface area contributed by atoms with E-state index in [1.54, 1.807) is 0 Å². The summed E-state index contributed by atoms with van der Waals surface area (Å²) < 4.78 is 0. The number of hydrogen-bond donors (Lipinski definition) is 0. The molecule has 98 valence electrons. The maximum atomic E-state index is 12.6. The van der Waals surface area contributed by atoms with Crippen molar-refractivity contribution in [2.45, 2.75) is 34.6 Å². The lowest BCUT2D eigenvalue weighted by molar-refractivity contribution is 0.103. The molecule has 0 fully saturated rings. The fourth-order valence-electron chi connectivity index (χ4n) is 2.33. The highest BCUT2D eigenvalue weighted by Crippen LogP contribution is 2.19. The van der Waals surface area contributed by atoms with Gasteiger partial charge in [-0.05, 0) is 69.5 Å². The SMILES string of the molecule is Cc1cc(C(=O)c2cc(C)c(C)cc2C)cc(C)n1. The van der Waals surface area contributed by atoms with Crippen molar-refractivity contribution >= 4 is 5.78 Å². The molecule has 0 saturated heterocycles. The summed E-state index contributed by atoms with van der Waals surface area (Å²) in [7, 11) is 0. The Morgan fingerprint density at radius 3 is 1.89 bits per heavy atom. The molecule has 1 aromatic carbocycles. The summed E-state index contributed by atoms with van der Waals surface area (Å²) in [5, 5.41) is 0. The van der Waals surface area contributed by atoms with Crippen molar-refractivity contribution < 1.29 is 4.79 Å². The minimum atomic E-state index is 0.0780. The average molecular weight is 253 g/mol. The molecule has 0 aliphatic heterocycles. The predicted molar refractivity (Wildman–Crippen MR) is 77.8 cm³/mol. The molecule has 0 N–H and O–H groups in total. The molecule has 1 aromatic heterocycles. The van der Waals surface area contributed by atoms with Gasteiger partial charge in [-0.25, -0.2) is 0 Å². The van der Waals surface area contributed by atoms with Crippen LogP contribution < -0.4 is 0 Å². The van der Waals surface area contributed by atoms with E-state index >= 15 is 0 Å². The number of aromatic nitrogens is 1. The van der Waals surface area contributed by atoms with Gasteiger partial charge in [-0.2, -0.15) is 0 Å². The van der Waals surface area contributed by atoms with Gasteiger partial charge in [0.1, 0.15) is 0 Å². The smallest absolute Gasteiger partial charge is 0.193 e. The van der Waals surface area contributed by atoms with Crippen molar-refractivity contribution in [3.63, 3.8) is 0 Å². The molecule has 0 amide bonds. The van der Waals surface area contributed by atoms with Gasteiger partial charge in [0.05, 0.1) is 0 Å². The van der Waals surface area contributed by atoms with Crippen LogP contribution in [0.5, 0.6) is 0 Å². The number of rotatable bonds is 2. The van der Waals surface area contributed by atoms with Crippen molar-refractivity contribution in [3.8, 4) is 0 Å². The van der Waals surface area contributed by atoms with Gasteiger partial charge in [0.2, 0.25) is 0 Å². The maximum absolute atomic E-state index is 12.6. The van der Waals surface area contributed by atoms with E-state index in [0.717, 1.165) is 33.6 Å². The second-order valence-electron chi connectivity index (χ2n) is 5.22. The van der Waals surface area contributed by atoms with E-state index in [2.05, 4.69) is 18.0 Å². The summed E-state index contributed by atoms with van der Waals surface area (Å²) in [6.45, 7) is 9.92. The van der Waals surface area contributed by atoms with E-state index in [1.807, 2.05) is 45.9 Å². The van der Waals surface area contributed by atoms with Crippen LogP contribution >= 0.6 is 0 Å². The third-order valence-electron chi connectivity index (χ3n) is 3.43. The van der Waals surface area contributed by atoms with Gasteiger partial charge in [-0.1, -0.05) is 6.07 Å². The molecule has 0 atom stereocenters. The van der Waals surface area contributed by atoms with Gasteiger partial charge in [0.15, 0.2) is 5.78 Å². The average Bonchev–Trinajstić information content (AvgIpc) is 2.31. The summed E-state index contributed by atoms with van der Waals surface area (Å²) in [4.78, 5) is 16.9. The standard InChI is InChI=1S/C17H19NO/c1-10-6-12(3)16(7-11(10)2)17(19)15-8-13(4)18-14(5)9-15/h6-9H,1-5H3. The summed E-state index contributed by atoms with van der Waals surface area (Å²) in [6, 6.07) is 7.76. The minimum Gasteiger partial charge on any atom is -0.289 e. The molecule has 0 bridgehead atoms. The van der Waals surface area contributed by atoms with Crippen LogP contribution in [-0.2, 0) is 0 Å². The predicted octanol–water partition coefficient (Wildman–Crippen LogP) is 3.85. The Morgan fingerprint density at radius 2 is 1.32 bits per heavy atom. The molecule has 0 aliphatic carbocycles. The molecular formula is C17H19NO. The molecule has 0 saturated carbocycles. The van der Waals surface area contributed by atoms with Crippen LogP contribution in [0.15, 0.2) is 24.3 Å². The maximum Gasteiger partial charge on any atom is 0.193 e. The van der Waals surface area contributed by atoms with Crippen LogP contribution in [0.25, 0.3) is 0 Å². The zero-order valence-electron chi connectivity index (χ0n) is 12.2. The van der Waals surface area contributed by atoms with E-state index in [4.69, 9.17) is 0 Å². The summed E-state index contributed by atoms with van der Waals surface area (Å²) >= 11 is 0. The topological polar surface area (TPSA) is 30.0 Å². The minimum absolute atomic E-state index is 0.0780. The lowest BCUT2D eigenvalue weighted by Crippen LogP contribution is -2.06. The number of nitrogens with zero attached hydrogens (tertiary/aromatic N) is 1. The molecule has 0 radical (unpaired) electrons. The molecular weight excluding hydrogens is 234 g/mol. The molecule has 19 heavy (non-hydrogen) atoms. The third-order valence-corrected chi connectivity index (χ3v) is 3.43. The van der Waals surface area contributed by atoms with Crippen molar-refractivity contribution in [1.29, 1.82) is 0 Å². The quantitative estimate of drug-likeness (QED) is 0.761. The number of pyridine rings is 1. The van der Waals surface area contributed by atoms with E-state index in [0.29, 0.717) is 0 Å². The highest BCUT2D eigenvalue weighted by molar-refractivity contribution is 6.10. The van der Waals surface area contributed by atoms with Gasteiger partial charge in [-0.3, -0.25) is 9.78 Å². The highest BCUT2D eigenvalue weighted by Gasteiger charge is 2.14. The molecule has 2 nitrogen and oxygen atoms in total. The zero-order valence-corrected chi connectivity index (χ0v) is 12.2. The van der Waals surface area contributed by atoms with Crippen LogP contribution in [0, 0.1) is 34.6 Å². The van der Waals surface area contributed by atoms with Gasteiger partial charge >= 0.3 is 0 Å². The molecule has 2 aromatic rings. The van der Waals surface area contributed by atoms with E-state index < -0.39 is 0 Å². The Labute approximate surface area is 114 Å². The Bertz CT molecular complexity index is 636. The van der Waals surface area contributed by atoms with Crippen LogP contribution in [-0.4, -0.2) is 10.8 Å². The molecule has 0 aliphatic rings. The Hall–Kier alpha value is -1.96. The van der Waals surface area contributed by atoms with E-state index in [1.165, 1.54) is 5.56 Å². The first-order valence-corrected chi connectivity index (χ1v) is 6.46. The number of carbonyl (C=O) groups excluding carboxylic acids is 1. The van der Waals surface area contributed by atoms with Crippen LogP contribution in [0.4, 0.5) is 0 Å². The van der Waals surface area contributed by atoms with E-state index in [-0.39, 0.29) is 5.78 Å². The van der Waals surface area contributed by atoms with Gasteiger partial charge < -0.3 is 0 Å². The number of benzene rings is 1. The number of ketones is 1. The molecule has 2 heteroatoms. The monoisotopic (exact) mass is 253 g/mol. The van der Waals surface area contributed by atoms with Crippen molar-refractivity contribution in [2.75, 3.05) is 0 Å². The molecule has 0 unspecified atom stereocenters. The van der Waals surface area contributed by atoms with Gasteiger partial charge in [0, 0.05) is 22.5 Å². The van der Waals surface area contributed by atoms with Gasteiger partial charge in [0.25, 0.3) is 0 Å². The first-order chi connectivity index (χ1) is 8.88. The Morgan fingerprint density at radius 1 is 0.789 bits per heavy atom. The van der Waals surface area contributed by atoms with Crippen LogP contribution in [0.3, 0.4) is 0 Å². The summed E-state index contributed by atoms with van der Waals surface area (Å²) in [5.41, 5.74) is 6.66. The van der Waals surface area contributed by atoms with Crippen molar-refractivity contribution in [2.24, 2.45) is 0 Å². The normalized spacial score (nSPS) is 10.6. The second kappa shape index (κ2) is 4.96. The highest BCUT2D eigenvalue weighted by atomic mass is 16.1. The lowest BCUT2D eigenvalue weighted by Gasteiger charge is -2.10. The largest absolute Gasteiger partial charge is 0.289 e. The zero-order chi connectivity index (χ0) is 14.2. The summed E-state index contributed by atoms with van der Waals surface area (Å²) in [6.07, 6.45) is 0. The van der Waals surface area contributed by atoms with Crippen LogP contribution in [0.1, 0.15) is 44.0 Å². The molecule has 2 rings (SSSR count). The summed E-state index contributed by atoms with van der Waals surface area (Å²) in [5.74, 6) is 0.0780. The van der Waals surface area contributed by atoms with Crippen molar-refractivity contribution in [3.05, 3.63) is 63.5 Å². The number of aryl methyl sites for hydroxylation is 5. The third kappa shape index (κ3) is 2.73. The van der Waals surface area contributed by atoms with Gasteiger partial charge in [-0.15, -0.1) is 0 Å². The molecule has 0 spiro atoms. The second-order valence-corrected chi connectivity index (χ2v) is 5.22. The first kappa shape index (κ1) is 13.5.